The van der Waals surface area contributed by atoms with Gasteiger partial charge in [-0.3, -0.25) is 9.59 Å². The highest BCUT2D eigenvalue weighted by Crippen LogP contribution is 2.41. The van der Waals surface area contributed by atoms with Gasteiger partial charge in [0.1, 0.15) is 31.3 Å². The van der Waals surface area contributed by atoms with Crippen LogP contribution in [0.5, 0.6) is 17.2 Å². The molecule has 4 rings (SSSR count). The summed E-state index contributed by atoms with van der Waals surface area (Å²) >= 11 is 0. The van der Waals surface area contributed by atoms with Gasteiger partial charge in [-0.1, -0.05) is 24.8 Å². The molecule has 1 N–H and O–H groups in total. The second-order valence-electron chi connectivity index (χ2n) is 7.51. The van der Waals surface area contributed by atoms with E-state index in [2.05, 4.69) is 6.58 Å². The normalized spacial score (nSPS) is 18.9. The number of ketones is 1. The van der Waals surface area contributed by atoms with Crippen molar-refractivity contribution in [1.29, 1.82) is 0 Å². The van der Waals surface area contributed by atoms with Crippen LogP contribution >= 0.6 is 0 Å². The summed E-state index contributed by atoms with van der Waals surface area (Å²) in [5, 5.41) is 11.2. The van der Waals surface area contributed by atoms with E-state index in [9.17, 15) is 14.7 Å². The largest absolute Gasteiger partial charge is 0.507 e. The Balaban J connectivity index is 1.77. The SMILES string of the molecule is C=CCOc1ccc(C2C(=C(O)c3ccc4c(c3)OCCO4)C(=O)C(=O)N2CCOC)cc1. The Hall–Kier alpha value is -3.78. The van der Waals surface area contributed by atoms with Crippen molar-refractivity contribution in [2.24, 2.45) is 0 Å². The monoisotopic (exact) mass is 451 g/mol. The van der Waals surface area contributed by atoms with Crippen molar-refractivity contribution in [2.75, 3.05) is 40.1 Å². The van der Waals surface area contributed by atoms with Crippen molar-refractivity contribution < 1.29 is 33.6 Å². The molecular weight excluding hydrogens is 426 g/mol. The summed E-state index contributed by atoms with van der Waals surface area (Å²) in [7, 11) is 1.52. The summed E-state index contributed by atoms with van der Waals surface area (Å²) in [5.41, 5.74) is 1.03. The van der Waals surface area contributed by atoms with Crippen molar-refractivity contribution in [3.8, 4) is 17.2 Å². The van der Waals surface area contributed by atoms with Crippen molar-refractivity contribution in [1.82, 2.24) is 4.90 Å². The molecule has 1 fully saturated rings. The highest BCUT2D eigenvalue weighted by molar-refractivity contribution is 6.46. The van der Waals surface area contributed by atoms with Crippen molar-refractivity contribution in [3.63, 3.8) is 0 Å². The number of methoxy groups -OCH3 is 1. The Labute approximate surface area is 191 Å². The molecule has 0 spiro atoms. The second kappa shape index (κ2) is 9.79. The number of fused-ring (bicyclic) bond motifs is 1. The number of aliphatic hydroxyl groups excluding tert-OH is 1. The molecule has 0 saturated carbocycles. The minimum absolute atomic E-state index is 0.00698. The van der Waals surface area contributed by atoms with Crippen LogP contribution in [0.4, 0.5) is 0 Å². The molecule has 2 aliphatic heterocycles. The molecule has 1 unspecified atom stereocenters. The van der Waals surface area contributed by atoms with E-state index in [-0.39, 0.29) is 24.5 Å². The fourth-order valence-corrected chi connectivity index (χ4v) is 3.89. The molecule has 8 heteroatoms. The van der Waals surface area contributed by atoms with Gasteiger partial charge in [0.25, 0.3) is 11.7 Å². The lowest BCUT2D eigenvalue weighted by Gasteiger charge is -2.25. The third-order valence-electron chi connectivity index (χ3n) is 5.46. The predicted molar refractivity (Wildman–Crippen MR) is 120 cm³/mol. The van der Waals surface area contributed by atoms with Crippen LogP contribution in [0, 0.1) is 0 Å². The standard InChI is InChI=1S/C25H25NO7/c1-3-11-31-18-7-4-16(5-8-18)22-21(24(28)25(29)26(22)10-12-30-2)23(27)17-6-9-19-20(15-17)33-14-13-32-19/h3-9,15,22,27H,1,10-14H2,2H3. The molecule has 1 saturated heterocycles. The maximum atomic E-state index is 13.0. The van der Waals surface area contributed by atoms with Crippen LogP contribution in [0.3, 0.4) is 0 Å². The van der Waals surface area contributed by atoms with Gasteiger partial charge in [0.05, 0.1) is 18.2 Å². The topological polar surface area (TPSA) is 94.5 Å². The highest BCUT2D eigenvalue weighted by atomic mass is 16.6. The van der Waals surface area contributed by atoms with Crippen LogP contribution in [-0.4, -0.2) is 61.8 Å². The Morgan fingerprint density at radius 1 is 1.15 bits per heavy atom. The van der Waals surface area contributed by atoms with Crippen molar-refractivity contribution >= 4 is 17.4 Å². The molecule has 0 aromatic heterocycles. The smallest absolute Gasteiger partial charge is 0.295 e. The summed E-state index contributed by atoms with van der Waals surface area (Å²) in [5.74, 6) is -0.0654. The molecule has 1 atom stereocenters. The lowest BCUT2D eigenvalue weighted by atomic mass is 9.95. The summed E-state index contributed by atoms with van der Waals surface area (Å²) in [6.45, 7) is 5.25. The van der Waals surface area contributed by atoms with Gasteiger partial charge in [-0.2, -0.15) is 0 Å². The number of amides is 1. The molecule has 172 valence electrons. The van der Waals surface area contributed by atoms with Crippen LogP contribution in [0.25, 0.3) is 5.76 Å². The van der Waals surface area contributed by atoms with Crippen LogP contribution in [0.1, 0.15) is 17.2 Å². The molecule has 2 heterocycles. The number of Topliss-reactive ketones (excluding diaryl/α,β-unsaturated/α-hetero) is 1. The number of rotatable bonds is 8. The zero-order valence-corrected chi connectivity index (χ0v) is 18.3. The number of ether oxygens (including phenoxy) is 4. The van der Waals surface area contributed by atoms with E-state index in [4.69, 9.17) is 18.9 Å². The number of nitrogens with zero attached hydrogens (tertiary/aromatic N) is 1. The first-order valence-corrected chi connectivity index (χ1v) is 10.6. The Morgan fingerprint density at radius 2 is 1.88 bits per heavy atom. The number of aliphatic hydroxyl groups is 1. The Bertz CT molecular complexity index is 1090. The summed E-state index contributed by atoms with van der Waals surface area (Å²) < 4.78 is 21.8. The van der Waals surface area contributed by atoms with Gasteiger partial charge in [-0.25, -0.2) is 0 Å². The summed E-state index contributed by atoms with van der Waals surface area (Å²) in [6, 6.07) is 11.2. The zero-order valence-electron chi connectivity index (χ0n) is 18.3. The minimum Gasteiger partial charge on any atom is -0.507 e. The second-order valence-corrected chi connectivity index (χ2v) is 7.51. The molecule has 33 heavy (non-hydrogen) atoms. The first-order valence-electron chi connectivity index (χ1n) is 10.6. The summed E-state index contributed by atoms with van der Waals surface area (Å²) in [6.07, 6.45) is 1.64. The van der Waals surface area contributed by atoms with E-state index in [1.807, 2.05) is 0 Å². The molecule has 0 radical (unpaired) electrons. The maximum Gasteiger partial charge on any atom is 0.295 e. The van der Waals surface area contributed by atoms with E-state index in [1.165, 1.54) is 12.0 Å². The average Bonchev–Trinajstić information content (AvgIpc) is 3.10. The lowest BCUT2D eigenvalue weighted by molar-refractivity contribution is -0.140. The molecular formula is C25H25NO7. The highest BCUT2D eigenvalue weighted by Gasteiger charge is 2.46. The molecule has 0 aliphatic carbocycles. The van der Waals surface area contributed by atoms with Gasteiger partial charge in [0, 0.05) is 19.2 Å². The first kappa shape index (κ1) is 22.4. The molecule has 2 aliphatic rings. The fraction of sp³-hybridized carbons (Fsp3) is 0.280. The molecule has 1 amide bonds. The van der Waals surface area contributed by atoms with Gasteiger partial charge in [-0.05, 0) is 35.9 Å². The van der Waals surface area contributed by atoms with Crippen molar-refractivity contribution in [2.45, 2.75) is 6.04 Å². The summed E-state index contributed by atoms with van der Waals surface area (Å²) in [4.78, 5) is 27.3. The fourth-order valence-electron chi connectivity index (χ4n) is 3.89. The predicted octanol–water partition coefficient (Wildman–Crippen LogP) is 3.09. The van der Waals surface area contributed by atoms with Gasteiger partial charge >= 0.3 is 0 Å². The van der Waals surface area contributed by atoms with Gasteiger partial charge in [0.2, 0.25) is 0 Å². The average molecular weight is 451 g/mol. The van der Waals surface area contributed by atoms with Gasteiger partial charge in [-0.15, -0.1) is 0 Å². The molecule has 8 nitrogen and oxygen atoms in total. The minimum atomic E-state index is -0.776. The Kier molecular flexibility index (Phi) is 6.65. The van der Waals surface area contributed by atoms with E-state index in [0.29, 0.717) is 48.2 Å². The molecule has 0 bridgehead atoms. The number of likely N-dealkylation sites (tertiary alicyclic amines) is 1. The maximum absolute atomic E-state index is 13.0. The van der Waals surface area contributed by atoms with Crippen molar-refractivity contribution in [3.05, 3.63) is 71.8 Å². The van der Waals surface area contributed by atoms with Crippen LogP contribution in [0.15, 0.2) is 60.7 Å². The van der Waals surface area contributed by atoms with E-state index >= 15 is 0 Å². The van der Waals surface area contributed by atoms with Crippen LogP contribution < -0.4 is 14.2 Å². The van der Waals surface area contributed by atoms with E-state index in [1.54, 1.807) is 48.5 Å². The quantitative estimate of drug-likeness (QED) is 0.285. The number of hydrogen-bond acceptors (Lipinski definition) is 7. The number of carbonyl (C=O) groups is 2. The zero-order chi connectivity index (χ0) is 23.4. The Morgan fingerprint density at radius 3 is 2.58 bits per heavy atom. The number of hydrogen-bond donors (Lipinski definition) is 1. The number of carbonyl (C=O) groups excluding carboxylic acids is 2. The number of benzene rings is 2. The first-order chi connectivity index (χ1) is 16.0. The lowest BCUT2D eigenvalue weighted by Crippen LogP contribution is -2.32. The van der Waals surface area contributed by atoms with Crippen LogP contribution in [-0.2, 0) is 14.3 Å². The van der Waals surface area contributed by atoms with Crippen LogP contribution in [0.2, 0.25) is 0 Å². The van der Waals surface area contributed by atoms with E-state index in [0.717, 1.165) is 0 Å². The molecule has 2 aromatic rings. The van der Waals surface area contributed by atoms with Gasteiger partial charge < -0.3 is 29.0 Å². The third-order valence-corrected chi connectivity index (χ3v) is 5.46. The van der Waals surface area contributed by atoms with Gasteiger partial charge in [0.15, 0.2) is 11.5 Å². The van der Waals surface area contributed by atoms with E-state index < -0.39 is 17.7 Å². The molecule has 2 aromatic carbocycles. The third kappa shape index (κ3) is 4.42.